The van der Waals surface area contributed by atoms with E-state index >= 15 is 0 Å². The maximum atomic E-state index is 5.13. The minimum Gasteiger partial charge on any atom is -0.383 e. The summed E-state index contributed by atoms with van der Waals surface area (Å²) >= 11 is 1.86. The van der Waals surface area contributed by atoms with E-state index in [9.17, 15) is 0 Å². The number of aliphatic imine (C=N–C) groups is 1. The number of nitrogens with one attached hydrogen (secondary N) is 2. The molecular formula is C21H39N5OS. The monoisotopic (exact) mass is 409 g/mol. The van der Waals surface area contributed by atoms with E-state index in [1.54, 1.807) is 7.11 Å². The summed E-state index contributed by atoms with van der Waals surface area (Å²) in [4.78, 5) is 10.8. The number of hydrogen-bond acceptors (Lipinski definition) is 5. The van der Waals surface area contributed by atoms with Crippen LogP contribution in [0.25, 0.3) is 0 Å². The molecule has 0 bridgehead atoms. The van der Waals surface area contributed by atoms with Crippen LogP contribution < -0.4 is 10.6 Å². The predicted molar refractivity (Wildman–Crippen MR) is 120 cm³/mol. The Balaban J connectivity index is 1.77. The van der Waals surface area contributed by atoms with Gasteiger partial charge in [-0.15, -0.1) is 11.3 Å². The van der Waals surface area contributed by atoms with Crippen LogP contribution >= 0.6 is 11.3 Å². The van der Waals surface area contributed by atoms with Gasteiger partial charge in [-0.1, -0.05) is 13.0 Å². The molecule has 28 heavy (non-hydrogen) atoms. The smallest absolute Gasteiger partial charge is 0.191 e. The van der Waals surface area contributed by atoms with Gasteiger partial charge in [0.25, 0.3) is 0 Å². The zero-order valence-corrected chi connectivity index (χ0v) is 18.9. The summed E-state index contributed by atoms with van der Waals surface area (Å²) in [6.45, 7) is 9.36. The third-order valence-electron chi connectivity index (χ3n) is 5.50. The molecule has 1 aromatic heterocycles. The van der Waals surface area contributed by atoms with Crippen LogP contribution in [0, 0.1) is 5.92 Å². The second kappa shape index (κ2) is 13.1. The molecule has 1 unspecified atom stereocenters. The highest BCUT2D eigenvalue weighted by atomic mass is 32.1. The largest absolute Gasteiger partial charge is 0.383 e. The minimum absolute atomic E-state index is 0.422. The number of likely N-dealkylation sites (tertiary alicyclic amines) is 1. The second-order valence-electron chi connectivity index (χ2n) is 7.78. The van der Waals surface area contributed by atoms with E-state index in [0.717, 1.165) is 51.1 Å². The molecule has 1 aliphatic heterocycles. The summed E-state index contributed by atoms with van der Waals surface area (Å²) in [5.74, 6) is 1.75. The Bertz CT molecular complexity index is 543. The molecule has 0 aromatic carbocycles. The van der Waals surface area contributed by atoms with Gasteiger partial charge in [-0.2, -0.15) is 0 Å². The first kappa shape index (κ1) is 23.1. The van der Waals surface area contributed by atoms with E-state index in [1.807, 2.05) is 18.4 Å². The maximum Gasteiger partial charge on any atom is 0.191 e. The van der Waals surface area contributed by atoms with Crippen LogP contribution in [0.4, 0.5) is 0 Å². The van der Waals surface area contributed by atoms with Gasteiger partial charge in [0.15, 0.2) is 5.96 Å². The summed E-state index contributed by atoms with van der Waals surface area (Å²) in [6.07, 6.45) is 3.68. The van der Waals surface area contributed by atoms with Crippen molar-refractivity contribution < 1.29 is 4.74 Å². The molecule has 1 aromatic rings. The molecule has 2 N–H and O–H groups in total. The maximum absolute atomic E-state index is 5.13. The lowest BCUT2D eigenvalue weighted by Gasteiger charge is -2.36. The number of guanidine groups is 1. The number of ether oxygens (including phenoxy) is 1. The number of hydrogen-bond donors (Lipinski definition) is 2. The van der Waals surface area contributed by atoms with Crippen LogP contribution in [0.1, 0.15) is 37.1 Å². The van der Waals surface area contributed by atoms with Crippen LogP contribution in [0.3, 0.4) is 0 Å². The van der Waals surface area contributed by atoms with Gasteiger partial charge in [0.2, 0.25) is 0 Å². The fraction of sp³-hybridized carbons (Fsp3) is 0.762. The topological polar surface area (TPSA) is 52.1 Å². The van der Waals surface area contributed by atoms with Crippen molar-refractivity contribution >= 4 is 17.3 Å². The second-order valence-corrected chi connectivity index (χ2v) is 8.76. The van der Waals surface area contributed by atoms with Gasteiger partial charge in [0.1, 0.15) is 0 Å². The highest BCUT2D eigenvalue weighted by Gasteiger charge is 2.25. The van der Waals surface area contributed by atoms with E-state index in [1.165, 1.54) is 30.8 Å². The van der Waals surface area contributed by atoms with E-state index in [0.29, 0.717) is 6.04 Å². The normalized spacial score (nSPS) is 17.8. The number of piperidine rings is 1. The molecule has 6 nitrogen and oxygen atoms in total. The Labute approximate surface area is 175 Å². The molecule has 0 aliphatic carbocycles. The van der Waals surface area contributed by atoms with Crippen LogP contribution in [-0.2, 0) is 4.74 Å². The third-order valence-corrected chi connectivity index (χ3v) is 6.48. The molecule has 160 valence electrons. The van der Waals surface area contributed by atoms with Crippen LogP contribution in [0.15, 0.2) is 22.5 Å². The molecular weight excluding hydrogens is 370 g/mol. The number of nitrogens with zero attached hydrogens (tertiary/aromatic N) is 3. The average Bonchev–Trinajstić information content (AvgIpc) is 3.23. The standard InChI is InChI=1S/C21H39N5OS/c1-18-8-12-26(13-9-18)19(20-7-5-16-28-20)17-24-21(22-2)23-10-6-11-25(3)14-15-27-4/h5,7,16,18-19H,6,8-15,17H2,1-4H3,(H2,22,23,24). The van der Waals surface area contributed by atoms with Gasteiger partial charge < -0.3 is 20.3 Å². The van der Waals surface area contributed by atoms with E-state index in [4.69, 9.17) is 4.74 Å². The van der Waals surface area contributed by atoms with Gasteiger partial charge in [-0.25, -0.2) is 0 Å². The van der Waals surface area contributed by atoms with Crippen molar-refractivity contribution in [3.63, 3.8) is 0 Å². The average molecular weight is 410 g/mol. The Hall–Kier alpha value is -1.15. The van der Waals surface area contributed by atoms with Crippen LogP contribution in [0.2, 0.25) is 0 Å². The van der Waals surface area contributed by atoms with Crippen molar-refractivity contribution in [1.29, 1.82) is 0 Å². The van der Waals surface area contributed by atoms with Crippen molar-refractivity contribution in [3.8, 4) is 0 Å². The zero-order chi connectivity index (χ0) is 20.2. The van der Waals surface area contributed by atoms with Crippen molar-refractivity contribution in [2.75, 3.05) is 67.1 Å². The number of rotatable bonds is 11. The summed E-state index contributed by atoms with van der Waals surface area (Å²) in [5.41, 5.74) is 0. The molecule has 2 heterocycles. The number of likely N-dealkylation sites (N-methyl/N-ethyl adjacent to an activating group) is 1. The minimum atomic E-state index is 0.422. The van der Waals surface area contributed by atoms with E-state index in [2.05, 4.69) is 56.9 Å². The molecule has 0 radical (unpaired) electrons. The van der Waals surface area contributed by atoms with Crippen LogP contribution in [0.5, 0.6) is 0 Å². The van der Waals surface area contributed by atoms with E-state index < -0.39 is 0 Å². The van der Waals surface area contributed by atoms with Gasteiger partial charge in [-0.05, 0) is 63.3 Å². The lowest BCUT2D eigenvalue weighted by atomic mass is 9.97. The third kappa shape index (κ3) is 8.07. The first-order chi connectivity index (χ1) is 13.6. The van der Waals surface area contributed by atoms with Gasteiger partial charge in [0.05, 0.1) is 12.6 Å². The Kier molecular flexibility index (Phi) is 10.9. The van der Waals surface area contributed by atoms with Crippen molar-refractivity contribution in [2.24, 2.45) is 10.9 Å². The molecule has 7 heteroatoms. The van der Waals surface area contributed by atoms with Gasteiger partial charge in [0, 0.05) is 38.7 Å². The number of methoxy groups -OCH3 is 1. The first-order valence-electron chi connectivity index (χ1n) is 10.5. The highest BCUT2D eigenvalue weighted by molar-refractivity contribution is 7.10. The molecule has 0 saturated carbocycles. The summed E-state index contributed by atoms with van der Waals surface area (Å²) in [5, 5.41) is 9.20. The SMILES string of the molecule is CN=C(NCCCN(C)CCOC)NCC(c1cccs1)N1CCC(C)CC1. The summed E-state index contributed by atoms with van der Waals surface area (Å²) in [7, 11) is 5.74. The van der Waals surface area contributed by atoms with E-state index in [-0.39, 0.29) is 0 Å². The predicted octanol–water partition coefficient (Wildman–Crippen LogP) is 2.65. The lowest BCUT2D eigenvalue weighted by molar-refractivity contribution is 0.140. The van der Waals surface area contributed by atoms with Crippen molar-refractivity contribution in [1.82, 2.24) is 20.4 Å². The fourth-order valence-corrected chi connectivity index (χ4v) is 4.42. The zero-order valence-electron chi connectivity index (χ0n) is 18.1. The molecule has 1 saturated heterocycles. The van der Waals surface area contributed by atoms with Crippen molar-refractivity contribution in [2.45, 2.75) is 32.2 Å². The quantitative estimate of drug-likeness (QED) is 0.334. The summed E-state index contributed by atoms with van der Waals surface area (Å²) in [6, 6.07) is 4.85. The molecule has 1 atom stereocenters. The molecule has 1 aliphatic rings. The Morgan fingerprint density at radius 2 is 2.14 bits per heavy atom. The number of thiophene rings is 1. The lowest BCUT2D eigenvalue weighted by Crippen LogP contribution is -2.45. The van der Waals surface area contributed by atoms with Crippen molar-refractivity contribution in [3.05, 3.63) is 22.4 Å². The fourth-order valence-electron chi connectivity index (χ4n) is 3.56. The van der Waals surface area contributed by atoms with Gasteiger partial charge in [-0.3, -0.25) is 9.89 Å². The Morgan fingerprint density at radius 3 is 2.79 bits per heavy atom. The van der Waals surface area contributed by atoms with Gasteiger partial charge >= 0.3 is 0 Å². The molecule has 0 spiro atoms. The molecule has 0 amide bonds. The first-order valence-corrected chi connectivity index (χ1v) is 11.4. The van der Waals surface area contributed by atoms with Crippen LogP contribution in [-0.4, -0.2) is 82.8 Å². The Morgan fingerprint density at radius 1 is 1.36 bits per heavy atom. The summed E-state index contributed by atoms with van der Waals surface area (Å²) < 4.78 is 5.13. The molecule has 2 rings (SSSR count). The highest BCUT2D eigenvalue weighted by Crippen LogP contribution is 2.28. The molecule has 1 fully saturated rings.